The fourth-order valence-electron chi connectivity index (χ4n) is 1.65. The van der Waals surface area contributed by atoms with E-state index in [0.717, 1.165) is 12.1 Å². The van der Waals surface area contributed by atoms with Gasteiger partial charge in [-0.3, -0.25) is 4.79 Å². The lowest BCUT2D eigenvalue weighted by molar-refractivity contribution is 0.102. The maximum Gasteiger partial charge on any atom is 0.185 e. The van der Waals surface area contributed by atoms with Gasteiger partial charge < -0.3 is 0 Å². The first-order valence-corrected chi connectivity index (χ1v) is 8.21. The zero-order valence-corrected chi connectivity index (χ0v) is 12.9. The topological polar surface area (TPSA) is 51.2 Å². The van der Waals surface area contributed by atoms with Gasteiger partial charge in [-0.2, -0.15) is 0 Å². The van der Waals surface area contributed by atoms with Gasteiger partial charge in [0.2, 0.25) is 0 Å². The number of sulfone groups is 1. The second kappa shape index (κ2) is 6.03. The standard InChI is InChI=1S/C14H9BrF2O3S/c15-10-2-4-11(5-3-10)21(19,20)8-14(18)9-1-6-12(16)13(17)7-9/h1-7H,8H2. The fraction of sp³-hybridized carbons (Fsp3) is 0.0714. The van der Waals surface area contributed by atoms with E-state index in [-0.39, 0.29) is 10.5 Å². The molecule has 0 aliphatic rings. The summed E-state index contributed by atoms with van der Waals surface area (Å²) in [5.41, 5.74) is -0.186. The van der Waals surface area contributed by atoms with Gasteiger partial charge in [0.1, 0.15) is 5.75 Å². The summed E-state index contributed by atoms with van der Waals surface area (Å²) in [6.45, 7) is 0. The third kappa shape index (κ3) is 3.74. The first-order chi connectivity index (χ1) is 9.79. The molecule has 0 saturated heterocycles. The van der Waals surface area contributed by atoms with Gasteiger partial charge in [0.05, 0.1) is 4.90 Å². The van der Waals surface area contributed by atoms with Crippen LogP contribution in [0.15, 0.2) is 51.8 Å². The highest BCUT2D eigenvalue weighted by Gasteiger charge is 2.21. The number of carbonyl (C=O) groups is 1. The second-order valence-electron chi connectivity index (χ2n) is 4.27. The molecule has 0 heterocycles. The summed E-state index contributed by atoms with van der Waals surface area (Å²) in [5, 5.41) is 0. The molecular weight excluding hydrogens is 366 g/mol. The van der Waals surface area contributed by atoms with Crippen molar-refractivity contribution >= 4 is 31.6 Å². The number of Topliss-reactive ketones (excluding diaryl/α,β-unsaturated/α-hetero) is 1. The predicted octanol–water partition coefficient (Wildman–Crippen LogP) is 3.38. The predicted molar refractivity (Wildman–Crippen MR) is 76.9 cm³/mol. The van der Waals surface area contributed by atoms with Crippen LogP contribution in [-0.2, 0) is 9.84 Å². The highest BCUT2D eigenvalue weighted by Crippen LogP contribution is 2.17. The minimum absolute atomic E-state index is 0.0124. The highest BCUT2D eigenvalue weighted by atomic mass is 79.9. The molecular formula is C14H9BrF2O3S. The Balaban J connectivity index is 2.25. The van der Waals surface area contributed by atoms with Gasteiger partial charge in [-0.15, -0.1) is 0 Å². The molecule has 0 aliphatic carbocycles. The molecule has 0 saturated carbocycles. The van der Waals surface area contributed by atoms with E-state index in [2.05, 4.69) is 15.9 Å². The molecule has 0 unspecified atom stereocenters. The summed E-state index contributed by atoms with van der Waals surface area (Å²) < 4.78 is 50.7. The Morgan fingerprint density at radius 2 is 1.62 bits per heavy atom. The summed E-state index contributed by atoms with van der Waals surface area (Å²) in [5.74, 6) is -3.89. The fourth-order valence-corrected chi connectivity index (χ4v) is 3.14. The maximum absolute atomic E-state index is 13.1. The zero-order valence-electron chi connectivity index (χ0n) is 10.5. The van der Waals surface area contributed by atoms with Crippen molar-refractivity contribution in [2.45, 2.75) is 4.90 Å². The molecule has 2 aromatic carbocycles. The first-order valence-electron chi connectivity index (χ1n) is 5.76. The Hall–Kier alpha value is -1.60. The van der Waals surface area contributed by atoms with E-state index in [0.29, 0.717) is 10.5 Å². The minimum Gasteiger partial charge on any atom is -0.293 e. The van der Waals surface area contributed by atoms with Crippen LogP contribution in [0.1, 0.15) is 10.4 Å². The highest BCUT2D eigenvalue weighted by molar-refractivity contribution is 9.10. The first kappa shape index (κ1) is 15.8. The van der Waals surface area contributed by atoms with Gasteiger partial charge in [-0.05, 0) is 42.5 Å². The molecule has 0 fully saturated rings. The van der Waals surface area contributed by atoms with Crippen molar-refractivity contribution in [1.82, 2.24) is 0 Å². The Bertz CT molecular complexity index is 786. The van der Waals surface area contributed by atoms with Gasteiger partial charge in [0.25, 0.3) is 0 Å². The molecule has 2 aromatic rings. The molecule has 0 bridgehead atoms. The number of hydrogen-bond donors (Lipinski definition) is 0. The van der Waals surface area contributed by atoms with Crippen LogP contribution in [0, 0.1) is 11.6 Å². The Labute approximate surface area is 128 Å². The molecule has 0 spiro atoms. The van der Waals surface area contributed by atoms with Crippen LogP contribution in [0.3, 0.4) is 0 Å². The average Bonchev–Trinajstić information content (AvgIpc) is 2.41. The van der Waals surface area contributed by atoms with Crippen LogP contribution >= 0.6 is 15.9 Å². The summed E-state index contributed by atoms with van der Waals surface area (Å²) in [6, 6.07) is 8.32. The van der Waals surface area contributed by atoms with E-state index in [1.54, 1.807) is 0 Å². The zero-order chi connectivity index (χ0) is 15.6. The monoisotopic (exact) mass is 374 g/mol. The van der Waals surface area contributed by atoms with Crippen LogP contribution in [-0.4, -0.2) is 20.0 Å². The van der Waals surface area contributed by atoms with Gasteiger partial charge in [-0.25, -0.2) is 17.2 Å². The molecule has 21 heavy (non-hydrogen) atoms. The molecule has 3 nitrogen and oxygen atoms in total. The second-order valence-corrected chi connectivity index (χ2v) is 7.17. The minimum atomic E-state index is -3.83. The molecule has 0 atom stereocenters. The third-order valence-electron chi connectivity index (χ3n) is 2.74. The van der Waals surface area contributed by atoms with Gasteiger partial charge in [-0.1, -0.05) is 15.9 Å². The number of halogens is 3. The molecule has 0 aromatic heterocycles. The van der Waals surface area contributed by atoms with E-state index in [9.17, 15) is 22.0 Å². The third-order valence-corrected chi connectivity index (χ3v) is 4.90. The van der Waals surface area contributed by atoms with Gasteiger partial charge >= 0.3 is 0 Å². The summed E-state index contributed by atoms with van der Waals surface area (Å²) >= 11 is 3.18. The molecule has 2 rings (SSSR count). The average molecular weight is 375 g/mol. The normalized spacial score (nSPS) is 11.4. The Morgan fingerprint density at radius 1 is 1.00 bits per heavy atom. The van der Waals surface area contributed by atoms with E-state index < -0.39 is 33.0 Å². The van der Waals surface area contributed by atoms with Crippen molar-refractivity contribution in [3.63, 3.8) is 0 Å². The number of ketones is 1. The van der Waals surface area contributed by atoms with Crippen LogP contribution in [0.4, 0.5) is 8.78 Å². The summed E-state index contributed by atoms with van der Waals surface area (Å²) in [4.78, 5) is 11.9. The van der Waals surface area contributed by atoms with E-state index >= 15 is 0 Å². The van der Waals surface area contributed by atoms with Crippen molar-refractivity contribution < 1.29 is 22.0 Å². The molecule has 0 aliphatic heterocycles. The lowest BCUT2D eigenvalue weighted by atomic mass is 10.1. The summed E-state index contributed by atoms with van der Waals surface area (Å²) in [6.07, 6.45) is 0. The molecule has 0 amide bonds. The lowest BCUT2D eigenvalue weighted by Crippen LogP contribution is -2.16. The maximum atomic E-state index is 13.1. The van der Waals surface area contributed by atoms with Crippen molar-refractivity contribution in [3.05, 3.63) is 64.1 Å². The Morgan fingerprint density at radius 3 is 2.19 bits per heavy atom. The number of rotatable bonds is 4. The number of benzene rings is 2. The summed E-state index contributed by atoms with van der Waals surface area (Å²) in [7, 11) is -3.83. The molecule has 7 heteroatoms. The van der Waals surface area contributed by atoms with Crippen molar-refractivity contribution in [3.8, 4) is 0 Å². The van der Waals surface area contributed by atoms with Crippen LogP contribution in [0.2, 0.25) is 0 Å². The number of hydrogen-bond acceptors (Lipinski definition) is 3. The van der Waals surface area contributed by atoms with E-state index in [4.69, 9.17) is 0 Å². The Kier molecular flexibility index (Phi) is 4.53. The van der Waals surface area contributed by atoms with Gasteiger partial charge in [0.15, 0.2) is 27.3 Å². The molecule has 110 valence electrons. The quantitative estimate of drug-likeness (QED) is 0.770. The SMILES string of the molecule is O=C(CS(=O)(=O)c1ccc(Br)cc1)c1ccc(F)c(F)c1. The van der Waals surface area contributed by atoms with Crippen molar-refractivity contribution in [2.75, 3.05) is 5.75 Å². The van der Waals surface area contributed by atoms with Crippen LogP contribution in [0.5, 0.6) is 0 Å². The van der Waals surface area contributed by atoms with E-state index in [1.165, 1.54) is 24.3 Å². The van der Waals surface area contributed by atoms with Crippen LogP contribution in [0.25, 0.3) is 0 Å². The molecule has 0 N–H and O–H groups in total. The van der Waals surface area contributed by atoms with Gasteiger partial charge in [0, 0.05) is 10.0 Å². The molecule has 0 radical (unpaired) electrons. The van der Waals surface area contributed by atoms with Crippen molar-refractivity contribution in [2.24, 2.45) is 0 Å². The smallest absolute Gasteiger partial charge is 0.185 e. The number of carbonyl (C=O) groups excluding carboxylic acids is 1. The van der Waals surface area contributed by atoms with E-state index in [1.807, 2.05) is 0 Å². The van der Waals surface area contributed by atoms with Crippen LogP contribution < -0.4 is 0 Å². The largest absolute Gasteiger partial charge is 0.293 e. The lowest BCUT2D eigenvalue weighted by Gasteiger charge is -2.05. The van der Waals surface area contributed by atoms with Crippen molar-refractivity contribution in [1.29, 1.82) is 0 Å².